The van der Waals surface area contributed by atoms with Crippen molar-refractivity contribution in [2.45, 2.75) is 13.5 Å². The van der Waals surface area contributed by atoms with Crippen LogP contribution in [0.5, 0.6) is 11.5 Å². The van der Waals surface area contributed by atoms with E-state index >= 15 is 0 Å². The molecule has 0 bridgehead atoms. The average Bonchev–Trinajstić information content (AvgIpc) is 2.82. The summed E-state index contributed by atoms with van der Waals surface area (Å²) >= 11 is 0. The lowest BCUT2D eigenvalue weighted by Gasteiger charge is -2.06. The molecule has 0 atom stereocenters. The van der Waals surface area contributed by atoms with Gasteiger partial charge in [0.1, 0.15) is 29.4 Å². The van der Waals surface area contributed by atoms with Crippen LogP contribution < -0.4 is 4.74 Å². The first kappa shape index (κ1) is 11.7. The maximum absolute atomic E-state index is 9.71. The van der Waals surface area contributed by atoms with Gasteiger partial charge in [-0.25, -0.2) is 0 Å². The van der Waals surface area contributed by atoms with E-state index in [-0.39, 0.29) is 5.75 Å². The van der Waals surface area contributed by atoms with Gasteiger partial charge in [0.15, 0.2) is 0 Å². The average molecular weight is 254 g/mol. The Morgan fingerprint density at radius 3 is 2.74 bits per heavy atom. The number of hydrogen-bond donors (Lipinski definition) is 1. The highest BCUT2D eigenvalue weighted by atomic mass is 16.5. The zero-order chi connectivity index (χ0) is 13.2. The lowest BCUT2D eigenvalue weighted by atomic mass is 10.2. The summed E-state index contributed by atoms with van der Waals surface area (Å²) in [5.41, 5.74) is 1.75. The van der Waals surface area contributed by atoms with E-state index in [0.29, 0.717) is 23.3 Å². The predicted octanol–water partition coefficient (Wildman–Crippen LogP) is 4.03. The van der Waals surface area contributed by atoms with Crippen LogP contribution in [0.4, 0.5) is 0 Å². The molecule has 0 fully saturated rings. The maximum Gasteiger partial charge on any atom is 0.146 e. The van der Waals surface area contributed by atoms with Gasteiger partial charge in [-0.3, -0.25) is 0 Å². The fraction of sp³-hybridized carbons (Fsp3) is 0.125. The second-order valence-electron chi connectivity index (χ2n) is 4.46. The molecule has 0 radical (unpaired) electrons. The molecule has 0 aliphatic heterocycles. The maximum atomic E-state index is 9.71. The number of ether oxygens (including phenoxy) is 1. The summed E-state index contributed by atoms with van der Waals surface area (Å²) in [5.74, 6) is 1.76. The van der Waals surface area contributed by atoms with E-state index in [1.54, 1.807) is 12.1 Å². The van der Waals surface area contributed by atoms with Crippen LogP contribution in [-0.4, -0.2) is 5.11 Å². The Hall–Kier alpha value is -2.42. The Labute approximate surface area is 111 Å². The molecule has 0 amide bonds. The van der Waals surface area contributed by atoms with Crippen molar-refractivity contribution in [1.82, 2.24) is 0 Å². The molecule has 1 heterocycles. The second kappa shape index (κ2) is 4.69. The summed E-state index contributed by atoms with van der Waals surface area (Å²) < 4.78 is 11.3. The van der Waals surface area contributed by atoms with E-state index < -0.39 is 0 Å². The van der Waals surface area contributed by atoms with Crippen LogP contribution in [-0.2, 0) is 6.61 Å². The lowest BCUT2D eigenvalue weighted by Crippen LogP contribution is -1.95. The highest BCUT2D eigenvalue weighted by molar-refractivity contribution is 5.84. The molecule has 0 saturated carbocycles. The fourth-order valence-electron chi connectivity index (χ4n) is 2.04. The molecule has 0 aliphatic rings. The highest BCUT2D eigenvalue weighted by Crippen LogP contribution is 2.28. The van der Waals surface area contributed by atoms with Gasteiger partial charge in [0.05, 0.1) is 5.39 Å². The number of benzene rings is 2. The monoisotopic (exact) mass is 254 g/mol. The van der Waals surface area contributed by atoms with Crippen LogP contribution >= 0.6 is 0 Å². The number of para-hydroxylation sites is 1. The molecule has 0 saturated heterocycles. The quantitative estimate of drug-likeness (QED) is 0.767. The van der Waals surface area contributed by atoms with Crippen molar-refractivity contribution in [1.29, 1.82) is 0 Å². The van der Waals surface area contributed by atoms with E-state index in [1.165, 1.54) is 0 Å². The van der Waals surface area contributed by atoms with Crippen molar-refractivity contribution in [2.75, 3.05) is 0 Å². The molecule has 2 aromatic carbocycles. The standard InChI is InChI=1S/C16H14O3/c1-11-5-2-3-7-15(11)18-10-12-9-13-14(17)6-4-8-16(13)19-12/h2-9,17H,10H2,1H3. The number of furan rings is 1. The topological polar surface area (TPSA) is 42.6 Å². The molecule has 0 unspecified atom stereocenters. The molecule has 3 aromatic rings. The predicted molar refractivity (Wildman–Crippen MR) is 73.4 cm³/mol. The Balaban J connectivity index is 1.83. The minimum atomic E-state index is 0.225. The minimum Gasteiger partial charge on any atom is -0.507 e. The van der Waals surface area contributed by atoms with Crippen LogP contribution in [0.1, 0.15) is 11.3 Å². The third kappa shape index (κ3) is 2.27. The largest absolute Gasteiger partial charge is 0.507 e. The van der Waals surface area contributed by atoms with E-state index in [0.717, 1.165) is 11.3 Å². The van der Waals surface area contributed by atoms with Crippen molar-refractivity contribution >= 4 is 11.0 Å². The van der Waals surface area contributed by atoms with Crippen molar-refractivity contribution in [3.63, 3.8) is 0 Å². The molecule has 1 aromatic heterocycles. The van der Waals surface area contributed by atoms with Crippen LogP contribution in [0, 0.1) is 6.92 Å². The molecule has 0 spiro atoms. The van der Waals surface area contributed by atoms with E-state index in [4.69, 9.17) is 9.15 Å². The molecule has 1 N–H and O–H groups in total. The smallest absolute Gasteiger partial charge is 0.146 e. The van der Waals surface area contributed by atoms with Crippen molar-refractivity contribution in [2.24, 2.45) is 0 Å². The molecular formula is C16H14O3. The zero-order valence-electron chi connectivity index (χ0n) is 10.6. The van der Waals surface area contributed by atoms with Crippen LogP contribution in [0.15, 0.2) is 52.9 Å². The zero-order valence-corrected chi connectivity index (χ0v) is 10.6. The van der Waals surface area contributed by atoms with E-state index in [9.17, 15) is 5.11 Å². The van der Waals surface area contributed by atoms with Crippen molar-refractivity contribution in [3.05, 3.63) is 59.9 Å². The first-order valence-corrected chi connectivity index (χ1v) is 6.13. The Morgan fingerprint density at radius 2 is 1.95 bits per heavy atom. The number of phenols is 1. The van der Waals surface area contributed by atoms with E-state index in [1.807, 2.05) is 43.3 Å². The van der Waals surface area contributed by atoms with Crippen molar-refractivity contribution in [3.8, 4) is 11.5 Å². The molecule has 3 nitrogen and oxygen atoms in total. The van der Waals surface area contributed by atoms with Gasteiger partial charge in [-0.05, 0) is 36.8 Å². The number of aryl methyl sites for hydroxylation is 1. The molecule has 3 heteroatoms. The molecule has 19 heavy (non-hydrogen) atoms. The summed E-state index contributed by atoms with van der Waals surface area (Å²) in [6.07, 6.45) is 0. The van der Waals surface area contributed by atoms with E-state index in [2.05, 4.69) is 0 Å². The Kier molecular flexibility index (Phi) is 2.88. The number of aromatic hydroxyl groups is 1. The van der Waals surface area contributed by atoms with Gasteiger partial charge in [0, 0.05) is 0 Å². The van der Waals surface area contributed by atoms with Gasteiger partial charge in [0.2, 0.25) is 0 Å². The van der Waals surface area contributed by atoms with Gasteiger partial charge >= 0.3 is 0 Å². The molecular weight excluding hydrogens is 240 g/mol. The van der Waals surface area contributed by atoms with Crippen LogP contribution in [0.2, 0.25) is 0 Å². The summed E-state index contributed by atoms with van der Waals surface area (Å²) in [7, 11) is 0. The lowest BCUT2D eigenvalue weighted by molar-refractivity contribution is 0.273. The number of rotatable bonds is 3. The van der Waals surface area contributed by atoms with Gasteiger partial charge in [-0.1, -0.05) is 24.3 Å². The van der Waals surface area contributed by atoms with Crippen molar-refractivity contribution < 1.29 is 14.3 Å². The number of fused-ring (bicyclic) bond motifs is 1. The molecule has 96 valence electrons. The third-order valence-electron chi connectivity index (χ3n) is 3.05. The third-order valence-corrected chi connectivity index (χ3v) is 3.05. The number of hydrogen-bond acceptors (Lipinski definition) is 3. The van der Waals surface area contributed by atoms with Crippen LogP contribution in [0.3, 0.4) is 0 Å². The molecule has 0 aliphatic carbocycles. The Bertz CT molecular complexity index is 713. The van der Waals surface area contributed by atoms with Crippen LogP contribution in [0.25, 0.3) is 11.0 Å². The van der Waals surface area contributed by atoms with Gasteiger partial charge in [-0.2, -0.15) is 0 Å². The summed E-state index contributed by atoms with van der Waals surface area (Å²) in [5, 5.41) is 10.4. The SMILES string of the molecule is Cc1ccccc1OCc1cc2c(O)cccc2o1. The van der Waals surface area contributed by atoms with Gasteiger partial charge < -0.3 is 14.3 Å². The number of phenolic OH excluding ortho intramolecular Hbond substituents is 1. The summed E-state index contributed by atoms with van der Waals surface area (Å²) in [4.78, 5) is 0. The summed E-state index contributed by atoms with van der Waals surface area (Å²) in [6.45, 7) is 2.35. The van der Waals surface area contributed by atoms with Gasteiger partial charge in [-0.15, -0.1) is 0 Å². The normalized spacial score (nSPS) is 10.8. The second-order valence-corrected chi connectivity index (χ2v) is 4.46. The fourth-order valence-corrected chi connectivity index (χ4v) is 2.04. The first-order chi connectivity index (χ1) is 9.24. The highest BCUT2D eigenvalue weighted by Gasteiger charge is 2.08. The minimum absolute atomic E-state index is 0.225. The van der Waals surface area contributed by atoms with Gasteiger partial charge in [0.25, 0.3) is 0 Å². The Morgan fingerprint density at radius 1 is 1.11 bits per heavy atom. The molecule has 3 rings (SSSR count). The first-order valence-electron chi connectivity index (χ1n) is 6.13. The summed E-state index contributed by atoms with van der Waals surface area (Å²) in [6, 6.07) is 14.9.